The van der Waals surface area contributed by atoms with Crippen molar-refractivity contribution < 1.29 is 29.3 Å². The second-order valence-corrected chi connectivity index (χ2v) is 15.7. The fraction of sp³-hybridized carbons (Fsp3) is 0.265. The van der Waals surface area contributed by atoms with Crippen molar-refractivity contribution in [2.75, 3.05) is 36.8 Å². The van der Waals surface area contributed by atoms with E-state index >= 15 is 0 Å². The fourth-order valence-electron chi connectivity index (χ4n) is 7.75. The molecule has 1 aromatic heterocycles. The molecule has 1 unspecified atom stereocenters. The van der Waals surface area contributed by atoms with Crippen molar-refractivity contribution in [2.24, 2.45) is 0 Å². The Morgan fingerprint density at radius 3 is 2.42 bits per heavy atom. The number of aromatic nitrogens is 1. The number of pyridine rings is 1. The number of amides is 3. The normalized spacial score (nSPS) is 14.2. The summed E-state index contributed by atoms with van der Waals surface area (Å²) in [5.74, 6) is -0.418. The summed E-state index contributed by atoms with van der Waals surface area (Å²) in [6.07, 6.45) is 0.766. The van der Waals surface area contributed by atoms with Gasteiger partial charge in [0, 0.05) is 73.5 Å². The van der Waals surface area contributed by atoms with Gasteiger partial charge in [-0.1, -0.05) is 78.9 Å². The molecular weight excluding hydrogens is 785 g/mol. The lowest BCUT2D eigenvalue weighted by Gasteiger charge is -2.31. The molecule has 0 aliphatic carbocycles. The third-order valence-electron chi connectivity index (χ3n) is 11.0. The molecule has 13 heteroatoms. The monoisotopic (exact) mass is 836 g/mol. The van der Waals surface area contributed by atoms with Gasteiger partial charge < -0.3 is 40.8 Å². The molecule has 5 aromatic carbocycles. The summed E-state index contributed by atoms with van der Waals surface area (Å²) >= 11 is 0. The van der Waals surface area contributed by atoms with Crippen LogP contribution in [0.15, 0.2) is 132 Å². The summed E-state index contributed by atoms with van der Waals surface area (Å²) < 4.78 is 5.76. The number of aromatic amines is 1. The van der Waals surface area contributed by atoms with Crippen LogP contribution >= 0.6 is 0 Å². The van der Waals surface area contributed by atoms with E-state index in [4.69, 9.17) is 4.74 Å². The third kappa shape index (κ3) is 11.7. The van der Waals surface area contributed by atoms with Crippen LogP contribution in [0.2, 0.25) is 0 Å². The minimum absolute atomic E-state index is 0.0207. The Balaban J connectivity index is 0.810. The zero-order valence-electron chi connectivity index (χ0n) is 34.6. The van der Waals surface area contributed by atoms with Gasteiger partial charge in [0.1, 0.15) is 11.9 Å². The lowest BCUT2D eigenvalue weighted by Crippen LogP contribution is -2.40. The summed E-state index contributed by atoms with van der Waals surface area (Å²) in [5.41, 5.74) is 6.07. The van der Waals surface area contributed by atoms with Crippen molar-refractivity contribution >= 4 is 40.2 Å². The van der Waals surface area contributed by atoms with Crippen LogP contribution in [0, 0.1) is 0 Å². The Hall–Kier alpha value is -6.80. The van der Waals surface area contributed by atoms with Crippen LogP contribution < -0.4 is 26.8 Å². The van der Waals surface area contributed by atoms with Gasteiger partial charge in [-0.25, -0.2) is 4.79 Å². The van der Waals surface area contributed by atoms with Crippen molar-refractivity contribution in [3.05, 3.63) is 160 Å². The number of phenols is 1. The van der Waals surface area contributed by atoms with Gasteiger partial charge in [0.15, 0.2) is 0 Å². The standard InChI is InChI=1S/C49H52N6O7/c1-32(50-31-44(57)40-17-19-43(56)47-41(40)18-20-46(59)54-47)27-33-9-8-14-37(29-33)52-48(60)36-13-7-10-34(28-36)30-51-45(58)23-26-55-24-21-38(22-25-55)62-49(61)53-42-16-6-5-15-39(42)35-11-3-2-4-12-35/h2-20,28-29,32,38,44,50,56-57H,21-27,30-31H2,1H3,(H,51,58)(H,52,60)(H,53,61)(H,54,59)/t32?,44-/m0/s1. The minimum atomic E-state index is -0.880. The van der Waals surface area contributed by atoms with Crippen molar-refractivity contribution in [1.82, 2.24) is 20.5 Å². The van der Waals surface area contributed by atoms with Crippen molar-refractivity contribution in [1.29, 1.82) is 0 Å². The highest BCUT2D eigenvalue weighted by Crippen LogP contribution is 2.30. The number of hydrogen-bond donors (Lipinski definition) is 7. The third-order valence-corrected chi connectivity index (χ3v) is 11.0. The molecule has 2 heterocycles. The van der Waals surface area contributed by atoms with Crippen LogP contribution in [0.5, 0.6) is 5.75 Å². The molecule has 1 saturated heterocycles. The van der Waals surface area contributed by atoms with E-state index < -0.39 is 12.2 Å². The number of fused-ring (bicyclic) bond motifs is 1. The molecular formula is C49H52N6O7. The van der Waals surface area contributed by atoms with Crippen LogP contribution in [0.25, 0.3) is 22.0 Å². The number of hydrogen-bond acceptors (Lipinski definition) is 9. The van der Waals surface area contributed by atoms with E-state index in [1.807, 2.05) is 91.9 Å². The molecule has 0 radical (unpaired) electrons. The predicted molar refractivity (Wildman–Crippen MR) is 241 cm³/mol. The number of piperidine rings is 1. The Kier molecular flexibility index (Phi) is 14.4. The van der Waals surface area contributed by atoms with Gasteiger partial charge >= 0.3 is 6.09 Å². The molecule has 3 amide bonds. The second-order valence-electron chi connectivity index (χ2n) is 15.7. The highest BCUT2D eigenvalue weighted by atomic mass is 16.6. The fourth-order valence-corrected chi connectivity index (χ4v) is 7.75. The highest BCUT2D eigenvalue weighted by Gasteiger charge is 2.23. The number of H-pyrrole nitrogens is 1. The van der Waals surface area contributed by atoms with E-state index in [1.165, 1.54) is 12.1 Å². The van der Waals surface area contributed by atoms with Crippen LogP contribution in [0.4, 0.5) is 16.2 Å². The van der Waals surface area contributed by atoms with Gasteiger partial charge in [-0.2, -0.15) is 0 Å². The SMILES string of the molecule is CC(Cc1cccc(NC(=O)c2cccc(CNC(=O)CCN3CCC(OC(=O)Nc4ccccc4-c4ccccc4)CC3)c2)c1)NC[C@H](O)c1ccc(O)c2[nH]c(=O)ccc12. The molecule has 13 nitrogen and oxygen atoms in total. The van der Waals surface area contributed by atoms with Crippen LogP contribution in [0.1, 0.15) is 59.3 Å². The van der Waals surface area contributed by atoms with Crippen LogP contribution in [-0.2, 0) is 22.5 Å². The number of para-hydroxylation sites is 1. The Morgan fingerprint density at radius 2 is 1.60 bits per heavy atom. The quantitative estimate of drug-likeness (QED) is 0.0533. The largest absolute Gasteiger partial charge is 0.506 e. The second kappa shape index (κ2) is 20.6. The smallest absolute Gasteiger partial charge is 0.411 e. The number of ether oxygens (including phenoxy) is 1. The Labute approximate surface area is 360 Å². The molecule has 1 aliphatic heterocycles. The Morgan fingerprint density at radius 1 is 0.839 bits per heavy atom. The van der Waals surface area contributed by atoms with Crippen LogP contribution in [0.3, 0.4) is 0 Å². The van der Waals surface area contributed by atoms with E-state index in [0.717, 1.165) is 35.3 Å². The van der Waals surface area contributed by atoms with Gasteiger partial charge in [-0.15, -0.1) is 0 Å². The lowest BCUT2D eigenvalue weighted by molar-refractivity contribution is -0.121. The molecule has 7 rings (SSSR count). The lowest BCUT2D eigenvalue weighted by atomic mass is 10.0. The number of anilines is 2. The number of carbonyl (C=O) groups is 3. The number of nitrogens with one attached hydrogen (secondary N) is 5. The van der Waals surface area contributed by atoms with Crippen LogP contribution in [-0.4, -0.2) is 76.3 Å². The first-order valence-electron chi connectivity index (χ1n) is 20.9. The summed E-state index contributed by atoms with van der Waals surface area (Å²) in [6, 6.07) is 38.3. The van der Waals surface area contributed by atoms with E-state index in [1.54, 1.807) is 30.3 Å². The summed E-state index contributed by atoms with van der Waals surface area (Å²) in [5, 5.41) is 33.9. The summed E-state index contributed by atoms with van der Waals surface area (Å²) in [7, 11) is 0. The number of rotatable bonds is 16. The number of benzene rings is 5. The number of aromatic hydroxyl groups is 1. The predicted octanol–water partition coefficient (Wildman–Crippen LogP) is 7.13. The molecule has 320 valence electrons. The maximum atomic E-state index is 13.3. The number of carbonyl (C=O) groups excluding carboxylic acids is 3. The molecule has 7 N–H and O–H groups in total. The number of aliphatic hydroxyl groups excluding tert-OH is 1. The molecule has 0 spiro atoms. The minimum Gasteiger partial charge on any atom is -0.506 e. The molecule has 2 atom stereocenters. The first-order chi connectivity index (χ1) is 30.1. The summed E-state index contributed by atoms with van der Waals surface area (Å²) in [6.45, 7) is 4.57. The van der Waals surface area contributed by atoms with Gasteiger partial charge in [0.2, 0.25) is 11.5 Å². The number of phenolic OH excluding ortho intramolecular Hbond substituents is 1. The van der Waals surface area contributed by atoms with E-state index in [2.05, 4.69) is 31.2 Å². The highest BCUT2D eigenvalue weighted by molar-refractivity contribution is 6.04. The maximum absolute atomic E-state index is 13.3. The molecule has 0 bridgehead atoms. The van der Waals surface area contributed by atoms with Gasteiger partial charge in [0.25, 0.3) is 5.91 Å². The van der Waals surface area contributed by atoms with Crippen molar-refractivity contribution in [2.45, 2.75) is 57.4 Å². The zero-order valence-corrected chi connectivity index (χ0v) is 34.6. The first-order valence-corrected chi connectivity index (χ1v) is 20.9. The summed E-state index contributed by atoms with van der Waals surface area (Å²) in [4.78, 5) is 55.5. The van der Waals surface area contributed by atoms with Crippen molar-refractivity contribution in [3.8, 4) is 16.9 Å². The number of nitrogens with zero attached hydrogens (tertiary/aromatic N) is 1. The van der Waals surface area contributed by atoms with Crippen molar-refractivity contribution in [3.63, 3.8) is 0 Å². The van der Waals surface area contributed by atoms with E-state index in [9.17, 15) is 29.4 Å². The van der Waals surface area contributed by atoms with Gasteiger partial charge in [-0.05, 0) is 90.9 Å². The Bertz CT molecular complexity index is 2550. The zero-order chi connectivity index (χ0) is 43.4. The maximum Gasteiger partial charge on any atom is 0.411 e. The van der Waals surface area contributed by atoms with E-state index in [0.29, 0.717) is 60.1 Å². The van der Waals surface area contributed by atoms with Gasteiger partial charge in [0.05, 0.1) is 17.3 Å². The molecule has 1 fully saturated rings. The topological polar surface area (TPSA) is 185 Å². The first kappa shape index (κ1) is 43.3. The van der Waals surface area contributed by atoms with Gasteiger partial charge in [-0.3, -0.25) is 19.7 Å². The average Bonchev–Trinajstić information content (AvgIpc) is 3.28. The molecule has 6 aromatic rings. The number of aliphatic hydroxyl groups is 1. The number of likely N-dealkylation sites (tertiary alicyclic amines) is 1. The molecule has 1 aliphatic rings. The molecule has 0 saturated carbocycles. The average molecular weight is 837 g/mol. The molecule has 62 heavy (non-hydrogen) atoms. The van der Waals surface area contributed by atoms with E-state index in [-0.39, 0.29) is 53.9 Å².